The van der Waals surface area contributed by atoms with E-state index in [4.69, 9.17) is 0 Å². The highest BCUT2D eigenvalue weighted by atomic mass is 16.1. The number of unbranched alkanes of at least 4 members (excludes halogenated alkanes) is 5. The smallest absolute Gasteiger partial charge is 0.142 e. The number of carbonyl (C=O) groups excluding carboxylic acids is 1. The Hall–Kier alpha value is -2.41. The Morgan fingerprint density at radius 2 is 1.48 bits per heavy atom. The zero-order valence-corrected chi connectivity index (χ0v) is 21.6. The molecule has 0 amide bonds. The Kier molecular flexibility index (Phi) is 17.7. The van der Waals surface area contributed by atoms with Gasteiger partial charge in [0.05, 0.1) is 0 Å². The molecule has 0 N–H and O–H groups in total. The van der Waals surface area contributed by atoms with E-state index in [-0.39, 0.29) is 0 Å². The summed E-state index contributed by atoms with van der Waals surface area (Å²) in [4.78, 5) is 10.5. The molecule has 0 aromatic heterocycles. The normalized spacial score (nSPS) is 12.1. The van der Waals surface area contributed by atoms with Crippen molar-refractivity contribution in [2.75, 3.05) is 0 Å². The van der Waals surface area contributed by atoms with Crippen LogP contribution in [0, 0.1) is 5.92 Å². The summed E-state index contributed by atoms with van der Waals surface area (Å²) in [6, 6.07) is 0. The van der Waals surface area contributed by atoms with Gasteiger partial charge >= 0.3 is 0 Å². The van der Waals surface area contributed by atoms with Crippen LogP contribution in [0.25, 0.3) is 0 Å². The fourth-order valence-corrected chi connectivity index (χ4v) is 3.59. The highest BCUT2D eigenvalue weighted by Crippen LogP contribution is 2.29. The predicted molar refractivity (Wildman–Crippen MR) is 149 cm³/mol. The standard InChI is InChI=1S/C32H48O/c1-9-10-11-13-16-20-26(2)21-17-14-12-15-18-22-27(3)29(5)25-30(6)32(8)31(7)28(4)23-19-24-33/h12,14,19,23-24,27H,2,4-11,13,15-18,20-22,25H2,1,3H3/b14-12+,23-19+/t27-/m0/s1. The summed E-state index contributed by atoms with van der Waals surface area (Å²) < 4.78 is 0. The first-order valence-corrected chi connectivity index (χ1v) is 12.6. The monoisotopic (exact) mass is 448 g/mol. The van der Waals surface area contributed by atoms with Crippen LogP contribution in [0.3, 0.4) is 0 Å². The third-order valence-electron chi connectivity index (χ3n) is 6.17. The van der Waals surface area contributed by atoms with Crippen molar-refractivity contribution in [1.82, 2.24) is 0 Å². The van der Waals surface area contributed by atoms with Crippen LogP contribution in [-0.2, 0) is 4.79 Å². The van der Waals surface area contributed by atoms with Crippen LogP contribution in [0.2, 0.25) is 0 Å². The molecule has 1 atom stereocenters. The van der Waals surface area contributed by atoms with Crippen molar-refractivity contribution >= 4 is 6.29 Å². The van der Waals surface area contributed by atoms with Gasteiger partial charge in [0, 0.05) is 0 Å². The average molecular weight is 449 g/mol. The van der Waals surface area contributed by atoms with E-state index in [0.717, 1.165) is 49.5 Å². The summed E-state index contributed by atoms with van der Waals surface area (Å²) >= 11 is 0. The number of rotatable bonds is 21. The molecule has 0 aromatic rings. The molecule has 182 valence electrons. The predicted octanol–water partition coefficient (Wildman–Crippen LogP) is 9.97. The van der Waals surface area contributed by atoms with E-state index < -0.39 is 0 Å². The molecule has 0 aromatic carbocycles. The molecule has 0 spiro atoms. The van der Waals surface area contributed by atoms with Crippen molar-refractivity contribution in [3.8, 4) is 0 Å². The van der Waals surface area contributed by atoms with Crippen LogP contribution in [0.1, 0.15) is 90.9 Å². The van der Waals surface area contributed by atoms with Gasteiger partial charge in [-0.25, -0.2) is 0 Å². The summed E-state index contributed by atoms with van der Waals surface area (Å²) in [6.07, 6.45) is 22.6. The number of allylic oxidation sites excluding steroid dienone is 10. The van der Waals surface area contributed by atoms with Gasteiger partial charge in [-0.2, -0.15) is 0 Å². The largest absolute Gasteiger partial charge is 0.299 e. The SMILES string of the molecule is C=C(CC/C=C/CCC[C@H](C)C(=C)CC(=C)C(=C)C(=C)C(=C)/C=C/C=O)CCCCCCC. The van der Waals surface area contributed by atoms with Gasteiger partial charge in [0.25, 0.3) is 0 Å². The maximum absolute atomic E-state index is 10.5. The lowest BCUT2D eigenvalue weighted by atomic mass is 9.87. The Morgan fingerprint density at radius 3 is 2.15 bits per heavy atom. The maximum Gasteiger partial charge on any atom is 0.142 e. The molecule has 0 rings (SSSR count). The minimum atomic E-state index is 0.432. The zero-order chi connectivity index (χ0) is 25.1. The molecule has 1 heteroatoms. The first-order chi connectivity index (χ1) is 15.7. The Labute approximate surface area is 205 Å². The minimum Gasteiger partial charge on any atom is -0.299 e. The van der Waals surface area contributed by atoms with E-state index in [1.807, 2.05) is 0 Å². The first kappa shape index (κ1) is 30.6. The molecule has 0 bridgehead atoms. The van der Waals surface area contributed by atoms with Crippen LogP contribution in [0.5, 0.6) is 0 Å². The summed E-state index contributed by atoms with van der Waals surface area (Å²) in [5.74, 6) is 0.432. The lowest BCUT2D eigenvalue weighted by Crippen LogP contribution is -2.02. The van der Waals surface area contributed by atoms with E-state index in [1.165, 1.54) is 55.7 Å². The average Bonchev–Trinajstić information content (AvgIpc) is 2.80. The van der Waals surface area contributed by atoms with E-state index >= 15 is 0 Å². The number of carbonyl (C=O) groups is 1. The van der Waals surface area contributed by atoms with E-state index in [2.05, 4.69) is 65.5 Å². The van der Waals surface area contributed by atoms with Crippen molar-refractivity contribution in [2.24, 2.45) is 5.92 Å². The second kappa shape index (κ2) is 19.1. The third-order valence-corrected chi connectivity index (χ3v) is 6.17. The lowest BCUT2D eigenvalue weighted by molar-refractivity contribution is -0.104. The topological polar surface area (TPSA) is 17.1 Å². The molecule has 33 heavy (non-hydrogen) atoms. The van der Waals surface area contributed by atoms with Crippen LogP contribution >= 0.6 is 0 Å². The highest BCUT2D eigenvalue weighted by Gasteiger charge is 2.12. The van der Waals surface area contributed by atoms with E-state index in [1.54, 1.807) is 6.08 Å². The molecule has 0 heterocycles. The van der Waals surface area contributed by atoms with Crippen LogP contribution in [0.15, 0.2) is 97.2 Å². The van der Waals surface area contributed by atoms with Gasteiger partial charge < -0.3 is 0 Å². The molecule has 0 radical (unpaired) electrons. The van der Waals surface area contributed by atoms with Gasteiger partial charge in [-0.15, -0.1) is 0 Å². The second-order valence-corrected chi connectivity index (χ2v) is 9.17. The number of hydrogen-bond donors (Lipinski definition) is 0. The molecule has 0 fully saturated rings. The number of aldehydes is 1. The van der Waals surface area contributed by atoms with Gasteiger partial charge in [0.1, 0.15) is 6.29 Å². The lowest BCUT2D eigenvalue weighted by Gasteiger charge is -2.18. The van der Waals surface area contributed by atoms with Crippen molar-refractivity contribution in [1.29, 1.82) is 0 Å². The van der Waals surface area contributed by atoms with Gasteiger partial charge in [-0.05, 0) is 85.7 Å². The quantitative estimate of drug-likeness (QED) is 0.0561. The Bertz CT molecular complexity index is 740. The molecule has 0 saturated carbocycles. The van der Waals surface area contributed by atoms with Crippen LogP contribution in [0.4, 0.5) is 0 Å². The summed E-state index contributed by atoms with van der Waals surface area (Å²) in [5, 5.41) is 0. The van der Waals surface area contributed by atoms with Crippen molar-refractivity contribution in [2.45, 2.75) is 90.9 Å². The first-order valence-electron chi connectivity index (χ1n) is 12.6. The minimum absolute atomic E-state index is 0.432. The van der Waals surface area contributed by atoms with E-state index in [9.17, 15) is 4.79 Å². The fraction of sp³-hybridized carbons (Fsp3) is 0.469. The molecule has 1 nitrogen and oxygen atoms in total. The Balaban J connectivity index is 4.09. The molecule has 0 unspecified atom stereocenters. The molecular weight excluding hydrogens is 400 g/mol. The highest BCUT2D eigenvalue weighted by molar-refractivity contribution is 5.67. The van der Waals surface area contributed by atoms with Crippen LogP contribution < -0.4 is 0 Å². The fourth-order valence-electron chi connectivity index (χ4n) is 3.59. The molecule has 0 saturated heterocycles. The molecular formula is C32H48O. The van der Waals surface area contributed by atoms with Crippen molar-refractivity contribution < 1.29 is 4.79 Å². The molecule has 0 aliphatic carbocycles. The van der Waals surface area contributed by atoms with Crippen molar-refractivity contribution in [3.05, 3.63) is 97.2 Å². The molecule has 0 aliphatic heterocycles. The van der Waals surface area contributed by atoms with Gasteiger partial charge in [0.2, 0.25) is 0 Å². The molecule has 0 aliphatic rings. The van der Waals surface area contributed by atoms with E-state index in [0.29, 0.717) is 23.5 Å². The summed E-state index contributed by atoms with van der Waals surface area (Å²) in [6.45, 7) is 29.2. The zero-order valence-electron chi connectivity index (χ0n) is 21.6. The van der Waals surface area contributed by atoms with Crippen LogP contribution in [-0.4, -0.2) is 6.29 Å². The van der Waals surface area contributed by atoms with Crippen molar-refractivity contribution in [3.63, 3.8) is 0 Å². The Morgan fingerprint density at radius 1 is 0.818 bits per heavy atom. The third kappa shape index (κ3) is 15.1. The summed E-state index contributed by atoms with van der Waals surface area (Å²) in [7, 11) is 0. The van der Waals surface area contributed by atoms with Gasteiger partial charge in [-0.1, -0.05) is 108 Å². The van der Waals surface area contributed by atoms with Gasteiger partial charge in [-0.3, -0.25) is 4.79 Å². The number of hydrogen-bond acceptors (Lipinski definition) is 1. The van der Waals surface area contributed by atoms with Gasteiger partial charge in [0.15, 0.2) is 0 Å². The second-order valence-electron chi connectivity index (χ2n) is 9.17. The maximum atomic E-state index is 10.5. The summed E-state index contributed by atoms with van der Waals surface area (Å²) in [5.41, 5.74) is 5.63.